The van der Waals surface area contributed by atoms with Crippen LogP contribution in [-0.4, -0.2) is 79.9 Å². The molecule has 0 N–H and O–H groups in total. The fourth-order valence-corrected chi connectivity index (χ4v) is 4.94. The van der Waals surface area contributed by atoms with Crippen LogP contribution in [0.1, 0.15) is 70.3 Å². The monoisotopic (exact) mass is 573 g/mol. The van der Waals surface area contributed by atoms with Crippen LogP contribution in [0.2, 0.25) is 0 Å². The van der Waals surface area contributed by atoms with Crippen molar-refractivity contribution in [3.63, 3.8) is 0 Å². The van der Waals surface area contributed by atoms with Gasteiger partial charge in [0.25, 0.3) is 5.09 Å². The van der Waals surface area contributed by atoms with Crippen LogP contribution in [0.3, 0.4) is 0 Å². The number of nitrogens with zero attached hydrogens (tertiary/aromatic N) is 3. The lowest BCUT2D eigenvalue weighted by Gasteiger charge is -2.34. The molecular formula is C32H51N3O6. The number of piperazine rings is 1. The fraction of sp³-hybridized carbons (Fsp3) is 0.656. The normalized spacial score (nSPS) is 16.5. The number of carbonyl (C=O) groups excluding carboxylic acids is 1. The van der Waals surface area contributed by atoms with Crippen LogP contribution in [0.25, 0.3) is 0 Å². The van der Waals surface area contributed by atoms with Gasteiger partial charge in [0.1, 0.15) is 12.4 Å². The van der Waals surface area contributed by atoms with Gasteiger partial charge in [0.2, 0.25) is 0 Å². The third-order valence-corrected chi connectivity index (χ3v) is 7.29. The summed E-state index contributed by atoms with van der Waals surface area (Å²) in [6, 6.07) is 8.24. The van der Waals surface area contributed by atoms with Gasteiger partial charge in [-0.1, -0.05) is 49.3 Å². The molecule has 3 rings (SSSR count). The molecule has 0 bridgehead atoms. The Labute approximate surface area is 246 Å². The van der Waals surface area contributed by atoms with E-state index in [4.69, 9.17) is 9.47 Å². The summed E-state index contributed by atoms with van der Waals surface area (Å²) in [5.74, 6) is 1.71. The van der Waals surface area contributed by atoms with Crippen LogP contribution < -0.4 is 4.74 Å². The maximum absolute atomic E-state index is 11.6. The summed E-state index contributed by atoms with van der Waals surface area (Å²) >= 11 is 0. The van der Waals surface area contributed by atoms with E-state index >= 15 is 0 Å². The van der Waals surface area contributed by atoms with E-state index < -0.39 is 5.09 Å². The molecule has 41 heavy (non-hydrogen) atoms. The van der Waals surface area contributed by atoms with Crippen molar-refractivity contribution < 1.29 is 24.2 Å². The molecule has 0 amide bonds. The molecule has 0 unspecified atom stereocenters. The quantitative estimate of drug-likeness (QED) is 0.0736. The Kier molecular flexibility index (Phi) is 18.2. The predicted molar refractivity (Wildman–Crippen MR) is 162 cm³/mol. The average Bonchev–Trinajstić information content (AvgIpc) is 3.48. The number of ether oxygens (including phenoxy) is 2. The number of hydrogen-bond acceptors (Lipinski definition) is 8. The molecule has 1 aromatic rings. The minimum atomic E-state index is -0.750. The molecular weight excluding hydrogens is 522 g/mol. The van der Waals surface area contributed by atoms with Crippen molar-refractivity contribution in [2.24, 2.45) is 5.92 Å². The largest absolute Gasteiger partial charge is 0.493 e. The number of benzene rings is 1. The zero-order valence-corrected chi connectivity index (χ0v) is 25.2. The number of esters is 1. The molecule has 0 spiro atoms. The highest BCUT2D eigenvalue weighted by atomic mass is 16.9. The van der Waals surface area contributed by atoms with Gasteiger partial charge < -0.3 is 19.2 Å². The number of hydrogen-bond donors (Lipinski definition) is 0. The molecule has 230 valence electrons. The molecule has 1 saturated carbocycles. The van der Waals surface area contributed by atoms with Crippen molar-refractivity contribution in [2.75, 3.05) is 59.1 Å². The zero-order valence-electron chi connectivity index (χ0n) is 25.2. The van der Waals surface area contributed by atoms with Crippen molar-refractivity contribution in [3.8, 4) is 5.75 Å². The molecule has 1 aliphatic carbocycles. The van der Waals surface area contributed by atoms with Crippen molar-refractivity contribution >= 4 is 5.97 Å². The van der Waals surface area contributed by atoms with E-state index in [0.29, 0.717) is 19.4 Å². The van der Waals surface area contributed by atoms with E-state index in [1.807, 2.05) is 25.1 Å². The molecule has 9 nitrogen and oxygen atoms in total. The summed E-state index contributed by atoms with van der Waals surface area (Å²) in [6.45, 7) is 10.7. The number of rotatable bonds is 17. The minimum absolute atomic E-state index is 0.121. The van der Waals surface area contributed by atoms with E-state index in [0.717, 1.165) is 76.8 Å². The zero-order chi connectivity index (χ0) is 29.5. The maximum Gasteiger partial charge on any atom is 0.305 e. The highest BCUT2D eigenvalue weighted by Gasteiger charge is 2.16. The van der Waals surface area contributed by atoms with Crippen LogP contribution in [0.5, 0.6) is 5.75 Å². The van der Waals surface area contributed by atoms with E-state index in [2.05, 4.69) is 51.9 Å². The average molecular weight is 574 g/mol. The summed E-state index contributed by atoms with van der Waals surface area (Å²) in [6.07, 6.45) is 18.2. The number of allylic oxidation sites excluding steroid dienone is 3. The summed E-state index contributed by atoms with van der Waals surface area (Å²) < 4.78 is 11.0. The maximum atomic E-state index is 11.6. The summed E-state index contributed by atoms with van der Waals surface area (Å²) in [5.41, 5.74) is 1.25. The van der Waals surface area contributed by atoms with Gasteiger partial charge >= 0.3 is 5.97 Å². The third-order valence-electron chi connectivity index (χ3n) is 7.29. The molecule has 1 aromatic carbocycles. The van der Waals surface area contributed by atoms with Gasteiger partial charge in [0.05, 0.1) is 13.2 Å². The van der Waals surface area contributed by atoms with Crippen LogP contribution >= 0.6 is 0 Å². The molecule has 1 aliphatic heterocycles. The Bertz CT molecular complexity index is 908. The molecule has 2 aliphatic rings. The highest BCUT2D eigenvalue weighted by molar-refractivity contribution is 5.69. The standard InChI is InChI=1S/C16H29N3O5.C16H22O/c1-2-3-4-5-7-16(20)23-15-13-18-11-9-17(10-12-18)8-6-14-24-19(21)22;1-14-7-6-11-16(13-14)17-12-5-4-10-15-8-2-3-9-15/h2-3H,4-15H2,1H3;4,6-7,10-11,13,15H,2-3,5,8-9,12H2,1H3/b3-2-;10-4+. The van der Waals surface area contributed by atoms with E-state index in [9.17, 15) is 14.9 Å². The summed E-state index contributed by atoms with van der Waals surface area (Å²) in [4.78, 5) is 30.5. The van der Waals surface area contributed by atoms with Crippen molar-refractivity contribution in [3.05, 3.63) is 64.2 Å². The van der Waals surface area contributed by atoms with Gasteiger partial charge in [-0.05, 0) is 76.0 Å². The van der Waals surface area contributed by atoms with Crippen molar-refractivity contribution in [2.45, 2.75) is 71.6 Å². The lowest BCUT2D eigenvalue weighted by Crippen LogP contribution is -2.47. The van der Waals surface area contributed by atoms with E-state index in [1.165, 1.54) is 31.2 Å². The molecule has 0 aromatic heterocycles. The molecule has 0 atom stereocenters. The van der Waals surface area contributed by atoms with Crippen molar-refractivity contribution in [1.82, 2.24) is 9.80 Å². The predicted octanol–water partition coefficient (Wildman–Crippen LogP) is 6.00. The second kappa shape index (κ2) is 21.8. The van der Waals surface area contributed by atoms with Crippen molar-refractivity contribution in [1.29, 1.82) is 0 Å². The Morgan fingerprint density at radius 3 is 2.41 bits per heavy atom. The Morgan fingerprint density at radius 1 is 1.00 bits per heavy atom. The van der Waals surface area contributed by atoms with Crippen LogP contribution in [0.15, 0.2) is 48.6 Å². The van der Waals surface area contributed by atoms with E-state index in [1.54, 1.807) is 0 Å². The van der Waals surface area contributed by atoms with E-state index in [-0.39, 0.29) is 12.6 Å². The molecule has 9 heteroatoms. The number of aryl methyl sites for hydroxylation is 1. The highest BCUT2D eigenvalue weighted by Crippen LogP contribution is 2.25. The van der Waals surface area contributed by atoms with Gasteiger partial charge in [-0.3, -0.25) is 9.69 Å². The van der Waals surface area contributed by atoms with Gasteiger partial charge in [0.15, 0.2) is 0 Å². The molecule has 0 radical (unpaired) electrons. The Hall–Kier alpha value is -2.91. The smallest absolute Gasteiger partial charge is 0.305 e. The first kappa shape index (κ1) is 34.3. The van der Waals surface area contributed by atoms with Gasteiger partial charge in [-0.25, -0.2) is 0 Å². The second-order valence-electron chi connectivity index (χ2n) is 10.7. The summed E-state index contributed by atoms with van der Waals surface area (Å²) in [7, 11) is 0. The topological polar surface area (TPSA) is 94.4 Å². The first-order chi connectivity index (χ1) is 20.0. The molecule has 1 heterocycles. The lowest BCUT2D eigenvalue weighted by atomic mass is 10.1. The first-order valence-corrected chi connectivity index (χ1v) is 15.3. The molecule has 2 fully saturated rings. The van der Waals surface area contributed by atoms with Gasteiger partial charge in [0, 0.05) is 45.7 Å². The molecule has 1 saturated heterocycles. The van der Waals surface area contributed by atoms with Crippen LogP contribution in [0, 0.1) is 23.0 Å². The number of unbranched alkanes of at least 4 members (excludes halogenated alkanes) is 1. The summed E-state index contributed by atoms with van der Waals surface area (Å²) in [5, 5.41) is 9.30. The lowest BCUT2D eigenvalue weighted by molar-refractivity contribution is -0.757. The van der Waals surface area contributed by atoms with Gasteiger partial charge in [-0.15, -0.1) is 10.1 Å². The Morgan fingerprint density at radius 2 is 1.73 bits per heavy atom. The van der Waals surface area contributed by atoms with Crippen LogP contribution in [-0.2, 0) is 14.4 Å². The SMILES string of the molecule is C/C=C\CCCC(=O)OCCN1CCN(CCCO[N+](=O)[O-])CC1.Cc1cccc(OCC/C=C/C2CCCC2)c1. The van der Waals surface area contributed by atoms with Gasteiger partial charge in [-0.2, -0.15) is 0 Å². The second-order valence-corrected chi connectivity index (χ2v) is 10.7. The third kappa shape index (κ3) is 17.5. The Balaban J connectivity index is 0.000000303. The first-order valence-electron chi connectivity index (χ1n) is 15.3. The van der Waals surface area contributed by atoms with Crippen LogP contribution in [0.4, 0.5) is 0 Å². The fourth-order valence-electron chi connectivity index (χ4n) is 4.94. The minimum Gasteiger partial charge on any atom is -0.493 e. The number of carbonyl (C=O) groups is 1.